The van der Waals surface area contributed by atoms with Gasteiger partial charge >= 0.3 is 0 Å². The molecule has 0 heterocycles. The number of hydrogen-bond donors (Lipinski definition) is 2. The third kappa shape index (κ3) is 10.9. The fraction of sp³-hybridized carbons (Fsp3) is 0.778. The number of nitrogens with one attached hydrogen (secondary N) is 1. The number of amides is 1. The SMILES string of the molecule is CC(C)=NCOCCOCCC(=O)NN. The summed E-state index contributed by atoms with van der Waals surface area (Å²) >= 11 is 0. The van der Waals surface area contributed by atoms with Gasteiger partial charge in [0.2, 0.25) is 5.91 Å². The summed E-state index contributed by atoms with van der Waals surface area (Å²) in [6.45, 7) is 5.45. The fourth-order valence-corrected chi connectivity index (χ4v) is 0.696. The van der Waals surface area contributed by atoms with Gasteiger partial charge in [0, 0.05) is 5.71 Å². The Kier molecular flexibility index (Phi) is 8.95. The number of nitrogens with zero attached hydrogens (tertiary/aromatic N) is 1. The molecule has 0 aliphatic heterocycles. The molecular weight excluding hydrogens is 198 g/mol. The highest BCUT2D eigenvalue weighted by Crippen LogP contribution is 1.84. The lowest BCUT2D eigenvalue weighted by Crippen LogP contribution is -2.30. The van der Waals surface area contributed by atoms with Crippen molar-refractivity contribution in [3.63, 3.8) is 0 Å². The highest BCUT2D eigenvalue weighted by atomic mass is 16.5. The predicted molar refractivity (Wildman–Crippen MR) is 57.4 cm³/mol. The summed E-state index contributed by atoms with van der Waals surface area (Å²) in [6, 6.07) is 0. The molecule has 0 aromatic heterocycles. The first-order valence-electron chi connectivity index (χ1n) is 4.79. The Morgan fingerprint density at radius 1 is 1.27 bits per heavy atom. The van der Waals surface area contributed by atoms with Crippen LogP contribution in [0.3, 0.4) is 0 Å². The number of carbonyl (C=O) groups excluding carboxylic acids is 1. The first kappa shape index (κ1) is 14.0. The molecule has 1 amide bonds. The Bertz CT molecular complexity index is 203. The molecule has 0 rings (SSSR count). The first-order chi connectivity index (χ1) is 7.16. The van der Waals surface area contributed by atoms with Gasteiger partial charge in [-0.15, -0.1) is 0 Å². The van der Waals surface area contributed by atoms with Gasteiger partial charge in [-0.2, -0.15) is 0 Å². The van der Waals surface area contributed by atoms with Gasteiger partial charge in [0.15, 0.2) is 0 Å². The minimum Gasteiger partial charge on any atom is -0.379 e. The van der Waals surface area contributed by atoms with Gasteiger partial charge in [0.05, 0.1) is 26.2 Å². The number of hydrogen-bond acceptors (Lipinski definition) is 5. The average molecular weight is 217 g/mol. The number of nitrogens with two attached hydrogens (primary N) is 1. The van der Waals surface area contributed by atoms with Crippen LogP contribution < -0.4 is 11.3 Å². The van der Waals surface area contributed by atoms with Crippen LogP contribution in [0, 0.1) is 0 Å². The van der Waals surface area contributed by atoms with E-state index < -0.39 is 0 Å². The number of rotatable bonds is 8. The molecule has 0 aromatic carbocycles. The van der Waals surface area contributed by atoms with Crippen LogP contribution in [0.4, 0.5) is 0 Å². The maximum atomic E-state index is 10.7. The largest absolute Gasteiger partial charge is 0.379 e. The second kappa shape index (κ2) is 9.57. The normalized spacial score (nSPS) is 9.80. The zero-order valence-electron chi connectivity index (χ0n) is 9.28. The van der Waals surface area contributed by atoms with Crippen LogP contribution in [0.5, 0.6) is 0 Å². The van der Waals surface area contributed by atoms with E-state index in [9.17, 15) is 4.79 Å². The van der Waals surface area contributed by atoms with Crippen molar-refractivity contribution in [3.8, 4) is 0 Å². The number of ether oxygens (including phenoxy) is 2. The Hall–Kier alpha value is -0.980. The van der Waals surface area contributed by atoms with Gasteiger partial charge in [-0.05, 0) is 13.8 Å². The maximum Gasteiger partial charge on any atom is 0.236 e. The quantitative estimate of drug-likeness (QED) is 0.194. The molecule has 0 bridgehead atoms. The fourth-order valence-electron chi connectivity index (χ4n) is 0.696. The minimum absolute atomic E-state index is 0.234. The Morgan fingerprint density at radius 2 is 1.93 bits per heavy atom. The van der Waals surface area contributed by atoms with E-state index in [2.05, 4.69) is 4.99 Å². The highest BCUT2D eigenvalue weighted by molar-refractivity contribution is 5.78. The monoisotopic (exact) mass is 217 g/mol. The number of hydrazine groups is 1. The van der Waals surface area contributed by atoms with E-state index in [1.807, 2.05) is 19.3 Å². The van der Waals surface area contributed by atoms with Gasteiger partial charge in [-0.25, -0.2) is 5.84 Å². The summed E-state index contributed by atoms with van der Waals surface area (Å²) in [5.41, 5.74) is 3.00. The molecule has 0 saturated carbocycles. The molecule has 0 aliphatic carbocycles. The molecule has 6 heteroatoms. The van der Waals surface area contributed by atoms with Gasteiger partial charge in [0.1, 0.15) is 6.73 Å². The molecule has 0 unspecified atom stereocenters. The van der Waals surface area contributed by atoms with Crippen LogP contribution in [-0.2, 0) is 14.3 Å². The van der Waals surface area contributed by atoms with E-state index in [4.69, 9.17) is 15.3 Å². The average Bonchev–Trinajstić information content (AvgIpc) is 2.21. The molecule has 88 valence electrons. The predicted octanol–water partition coefficient (Wildman–Crippen LogP) is -0.162. The summed E-state index contributed by atoms with van der Waals surface area (Å²) in [5, 5.41) is 0. The molecule has 15 heavy (non-hydrogen) atoms. The zero-order chi connectivity index (χ0) is 11.5. The molecule has 0 spiro atoms. The van der Waals surface area contributed by atoms with Crippen molar-refractivity contribution in [2.45, 2.75) is 20.3 Å². The first-order valence-corrected chi connectivity index (χ1v) is 4.79. The van der Waals surface area contributed by atoms with Crippen LogP contribution in [0.1, 0.15) is 20.3 Å². The number of aliphatic imine (C=N–C) groups is 1. The van der Waals surface area contributed by atoms with E-state index in [0.29, 0.717) is 26.6 Å². The van der Waals surface area contributed by atoms with E-state index in [0.717, 1.165) is 5.71 Å². The maximum absolute atomic E-state index is 10.7. The van der Waals surface area contributed by atoms with Gasteiger partial charge in [0.25, 0.3) is 0 Å². The summed E-state index contributed by atoms with van der Waals surface area (Å²) in [4.78, 5) is 14.7. The van der Waals surface area contributed by atoms with Crippen LogP contribution in [0.25, 0.3) is 0 Å². The number of carbonyl (C=O) groups is 1. The van der Waals surface area contributed by atoms with Crippen molar-refractivity contribution in [3.05, 3.63) is 0 Å². The van der Waals surface area contributed by atoms with Crippen molar-refractivity contribution in [1.82, 2.24) is 5.43 Å². The molecule has 3 N–H and O–H groups in total. The summed E-state index contributed by atoms with van der Waals surface area (Å²) in [7, 11) is 0. The van der Waals surface area contributed by atoms with E-state index in [1.165, 1.54) is 0 Å². The molecule has 0 saturated heterocycles. The van der Waals surface area contributed by atoms with Gasteiger partial charge in [-0.1, -0.05) is 0 Å². The zero-order valence-corrected chi connectivity index (χ0v) is 9.28. The minimum atomic E-state index is -0.234. The molecule has 0 aromatic rings. The van der Waals surface area contributed by atoms with Gasteiger partial charge < -0.3 is 9.47 Å². The van der Waals surface area contributed by atoms with Crippen LogP contribution >= 0.6 is 0 Å². The van der Waals surface area contributed by atoms with Crippen molar-refractivity contribution in [2.24, 2.45) is 10.8 Å². The molecular formula is C9H19N3O3. The molecule has 0 atom stereocenters. The van der Waals surface area contributed by atoms with Crippen molar-refractivity contribution in [1.29, 1.82) is 0 Å². The second-order valence-corrected chi connectivity index (χ2v) is 3.07. The summed E-state index contributed by atoms with van der Waals surface area (Å²) < 4.78 is 10.3. The van der Waals surface area contributed by atoms with E-state index in [-0.39, 0.29) is 12.3 Å². The Labute approximate surface area is 89.8 Å². The summed E-state index contributed by atoms with van der Waals surface area (Å²) in [6.07, 6.45) is 0.267. The Morgan fingerprint density at radius 3 is 2.53 bits per heavy atom. The second-order valence-electron chi connectivity index (χ2n) is 3.07. The molecule has 6 nitrogen and oxygen atoms in total. The van der Waals surface area contributed by atoms with Crippen LogP contribution in [0.2, 0.25) is 0 Å². The third-order valence-electron chi connectivity index (χ3n) is 1.48. The lowest BCUT2D eigenvalue weighted by molar-refractivity contribution is -0.122. The van der Waals surface area contributed by atoms with Crippen molar-refractivity contribution >= 4 is 11.6 Å². The smallest absolute Gasteiger partial charge is 0.236 e. The van der Waals surface area contributed by atoms with E-state index in [1.54, 1.807) is 0 Å². The lowest BCUT2D eigenvalue weighted by atomic mass is 10.4. The lowest BCUT2D eigenvalue weighted by Gasteiger charge is -2.03. The molecule has 0 fully saturated rings. The highest BCUT2D eigenvalue weighted by Gasteiger charge is 1.96. The van der Waals surface area contributed by atoms with Crippen molar-refractivity contribution in [2.75, 3.05) is 26.6 Å². The van der Waals surface area contributed by atoms with Crippen molar-refractivity contribution < 1.29 is 14.3 Å². The summed E-state index contributed by atoms with van der Waals surface area (Å²) in [5.74, 6) is 4.65. The topological polar surface area (TPSA) is 85.9 Å². The van der Waals surface area contributed by atoms with Gasteiger partial charge in [-0.3, -0.25) is 15.2 Å². The Balaban J connectivity index is 3.12. The molecule has 0 aliphatic rings. The van der Waals surface area contributed by atoms with Crippen LogP contribution in [0.15, 0.2) is 4.99 Å². The third-order valence-corrected chi connectivity index (χ3v) is 1.48. The van der Waals surface area contributed by atoms with Crippen LogP contribution in [-0.4, -0.2) is 38.2 Å². The standard InChI is InChI=1S/C9H19N3O3/c1-8(2)11-7-15-6-5-14-4-3-9(13)12-10/h3-7,10H2,1-2H3,(H,12,13). The molecule has 0 radical (unpaired) electrons. The van der Waals surface area contributed by atoms with E-state index >= 15 is 0 Å².